The molecule has 1 aliphatic rings. The molecule has 0 fully saturated rings. The third kappa shape index (κ3) is 5.66. The highest BCUT2D eigenvalue weighted by atomic mass is 16.5. The number of ether oxygens (including phenoxy) is 1. The Morgan fingerprint density at radius 2 is 2.09 bits per heavy atom. The number of carbonyl (C=O) groups excluding carboxylic acids is 1. The van der Waals surface area contributed by atoms with Crippen molar-refractivity contribution in [1.29, 1.82) is 0 Å². The minimum atomic E-state index is 0.0400. The summed E-state index contributed by atoms with van der Waals surface area (Å²) in [5.74, 6) is 0.929. The van der Waals surface area contributed by atoms with Gasteiger partial charge in [-0.15, -0.1) is 0 Å². The number of aliphatic hydroxyl groups is 1. The van der Waals surface area contributed by atoms with E-state index in [1.54, 1.807) is 0 Å². The van der Waals surface area contributed by atoms with Crippen molar-refractivity contribution in [2.45, 2.75) is 38.6 Å². The van der Waals surface area contributed by atoms with Gasteiger partial charge in [0, 0.05) is 25.3 Å². The van der Waals surface area contributed by atoms with Crippen molar-refractivity contribution >= 4 is 5.91 Å². The Bertz CT molecular complexity index is 477. The number of hydrogen-bond acceptors (Lipinski definition) is 4. The third-order valence-corrected chi connectivity index (χ3v) is 3.75. The first-order valence-corrected chi connectivity index (χ1v) is 8.12. The number of rotatable bonds is 3. The summed E-state index contributed by atoms with van der Waals surface area (Å²) in [6, 6.07) is 6.16. The number of amides is 1. The number of benzene rings is 1. The standard InChI is InChI=1S/C17H26N2O3/c20-9-4-5-14-6-7-16-15(11-14)12-18-13-17(21)19-8-2-1-3-10-22-16/h6-7,11,18,20H,1-5,8-10,12-13H2,(H,19,21). The number of aryl methyl sites for hydroxylation is 1. The maximum atomic E-state index is 11.7. The lowest BCUT2D eigenvalue weighted by molar-refractivity contribution is -0.120. The van der Waals surface area contributed by atoms with Crippen LogP contribution >= 0.6 is 0 Å². The van der Waals surface area contributed by atoms with Crippen LogP contribution in [0.15, 0.2) is 18.2 Å². The molecule has 0 saturated heterocycles. The number of fused-ring (bicyclic) bond motifs is 1. The summed E-state index contributed by atoms with van der Waals surface area (Å²) in [6.45, 7) is 2.57. The Morgan fingerprint density at radius 1 is 1.18 bits per heavy atom. The summed E-state index contributed by atoms with van der Waals surface area (Å²) in [5, 5.41) is 15.0. The van der Waals surface area contributed by atoms with E-state index < -0.39 is 0 Å². The lowest BCUT2D eigenvalue weighted by Gasteiger charge is -2.13. The lowest BCUT2D eigenvalue weighted by Crippen LogP contribution is -2.34. The highest BCUT2D eigenvalue weighted by molar-refractivity contribution is 5.77. The van der Waals surface area contributed by atoms with E-state index in [9.17, 15) is 4.79 Å². The molecule has 0 bridgehead atoms. The zero-order valence-corrected chi connectivity index (χ0v) is 13.1. The van der Waals surface area contributed by atoms with Crippen LogP contribution in [0.5, 0.6) is 5.75 Å². The molecule has 0 aromatic heterocycles. The van der Waals surface area contributed by atoms with Gasteiger partial charge < -0.3 is 20.5 Å². The monoisotopic (exact) mass is 306 g/mol. The number of aliphatic hydroxyl groups excluding tert-OH is 1. The highest BCUT2D eigenvalue weighted by Crippen LogP contribution is 2.21. The van der Waals surface area contributed by atoms with Gasteiger partial charge in [0.1, 0.15) is 5.75 Å². The summed E-state index contributed by atoms with van der Waals surface area (Å²) in [5.41, 5.74) is 2.26. The van der Waals surface area contributed by atoms with Crippen molar-refractivity contribution in [3.8, 4) is 5.75 Å². The maximum absolute atomic E-state index is 11.7. The zero-order chi connectivity index (χ0) is 15.6. The average Bonchev–Trinajstić information content (AvgIpc) is 2.54. The highest BCUT2D eigenvalue weighted by Gasteiger charge is 2.08. The number of hydrogen-bond donors (Lipinski definition) is 3. The Kier molecular flexibility index (Phi) is 7.19. The third-order valence-electron chi connectivity index (χ3n) is 3.75. The van der Waals surface area contributed by atoms with Gasteiger partial charge in [0.25, 0.3) is 0 Å². The summed E-state index contributed by atoms with van der Waals surface area (Å²) >= 11 is 0. The van der Waals surface area contributed by atoms with Crippen molar-refractivity contribution in [1.82, 2.24) is 10.6 Å². The van der Waals surface area contributed by atoms with Crippen LogP contribution in [0, 0.1) is 0 Å². The van der Waals surface area contributed by atoms with E-state index in [-0.39, 0.29) is 12.5 Å². The fourth-order valence-corrected chi connectivity index (χ4v) is 2.54. The molecule has 0 unspecified atom stereocenters. The molecule has 122 valence electrons. The van der Waals surface area contributed by atoms with Crippen molar-refractivity contribution in [2.24, 2.45) is 0 Å². The van der Waals surface area contributed by atoms with Gasteiger partial charge in [0.2, 0.25) is 5.91 Å². The molecule has 1 aromatic rings. The molecule has 0 saturated carbocycles. The minimum absolute atomic E-state index is 0.0400. The predicted octanol–water partition coefficient (Wildman–Crippen LogP) is 1.38. The quantitative estimate of drug-likeness (QED) is 0.789. The smallest absolute Gasteiger partial charge is 0.233 e. The largest absolute Gasteiger partial charge is 0.493 e. The first-order valence-electron chi connectivity index (χ1n) is 8.12. The van der Waals surface area contributed by atoms with Gasteiger partial charge in [-0.1, -0.05) is 12.1 Å². The first-order chi connectivity index (χ1) is 10.8. The first kappa shape index (κ1) is 16.8. The second-order valence-corrected chi connectivity index (χ2v) is 5.63. The summed E-state index contributed by atoms with van der Waals surface area (Å²) < 4.78 is 5.89. The minimum Gasteiger partial charge on any atom is -0.493 e. The molecule has 2 rings (SSSR count). The molecule has 22 heavy (non-hydrogen) atoms. The van der Waals surface area contributed by atoms with Gasteiger partial charge in [-0.3, -0.25) is 4.79 Å². The van der Waals surface area contributed by atoms with E-state index >= 15 is 0 Å². The van der Waals surface area contributed by atoms with Crippen LogP contribution in [0.3, 0.4) is 0 Å². The molecule has 5 nitrogen and oxygen atoms in total. The van der Waals surface area contributed by atoms with Gasteiger partial charge >= 0.3 is 0 Å². The average molecular weight is 306 g/mol. The van der Waals surface area contributed by atoms with Gasteiger partial charge in [-0.2, -0.15) is 0 Å². The van der Waals surface area contributed by atoms with E-state index in [0.717, 1.165) is 50.0 Å². The SMILES string of the molecule is O=C1CNCc2cc(CCCO)ccc2OCCCCCN1. The molecule has 0 aliphatic carbocycles. The molecule has 0 radical (unpaired) electrons. The molecular formula is C17H26N2O3. The van der Waals surface area contributed by atoms with Crippen LogP contribution < -0.4 is 15.4 Å². The van der Waals surface area contributed by atoms with Crippen LogP contribution in [0.2, 0.25) is 0 Å². The van der Waals surface area contributed by atoms with Crippen molar-refractivity contribution < 1.29 is 14.6 Å². The Hall–Kier alpha value is -1.59. The lowest BCUT2D eigenvalue weighted by atomic mass is 10.1. The summed E-state index contributed by atoms with van der Waals surface area (Å²) in [4.78, 5) is 11.7. The molecule has 1 amide bonds. The van der Waals surface area contributed by atoms with E-state index in [0.29, 0.717) is 19.7 Å². The van der Waals surface area contributed by atoms with Crippen LogP contribution in [0.4, 0.5) is 0 Å². The normalized spacial score (nSPS) is 17.2. The fourth-order valence-electron chi connectivity index (χ4n) is 2.54. The molecule has 3 N–H and O–H groups in total. The van der Waals surface area contributed by atoms with Gasteiger partial charge in [-0.05, 0) is 43.7 Å². The van der Waals surface area contributed by atoms with E-state index in [1.165, 1.54) is 5.56 Å². The van der Waals surface area contributed by atoms with Gasteiger partial charge in [0.05, 0.1) is 13.2 Å². The van der Waals surface area contributed by atoms with Crippen LogP contribution in [0.25, 0.3) is 0 Å². The van der Waals surface area contributed by atoms with Crippen LogP contribution in [0.1, 0.15) is 36.8 Å². The molecule has 1 heterocycles. The fraction of sp³-hybridized carbons (Fsp3) is 0.588. The number of carbonyl (C=O) groups is 1. The molecule has 1 aliphatic heterocycles. The van der Waals surface area contributed by atoms with E-state index in [4.69, 9.17) is 9.84 Å². The van der Waals surface area contributed by atoms with E-state index in [2.05, 4.69) is 22.8 Å². The van der Waals surface area contributed by atoms with E-state index in [1.807, 2.05) is 6.07 Å². The molecule has 0 atom stereocenters. The van der Waals surface area contributed by atoms with Crippen LogP contribution in [-0.2, 0) is 17.8 Å². The molecular weight excluding hydrogens is 280 g/mol. The van der Waals surface area contributed by atoms with Gasteiger partial charge in [0.15, 0.2) is 0 Å². The zero-order valence-electron chi connectivity index (χ0n) is 13.1. The Balaban J connectivity index is 2.06. The van der Waals surface area contributed by atoms with Crippen LogP contribution in [-0.4, -0.2) is 37.3 Å². The van der Waals surface area contributed by atoms with Gasteiger partial charge in [-0.25, -0.2) is 0 Å². The topological polar surface area (TPSA) is 70.6 Å². The summed E-state index contributed by atoms with van der Waals surface area (Å²) in [6.07, 6.45) is 4.65. The molecule has 5 heteroatoms. The molecule has 1 aromatic carbocycles. The number of nitrogens with one attached hydrogen (secondary N) is 2. The van der Waals surface area contributed by atoms with Crippen molar-refractivity contribution in [3.63, 3.8) is 0 Å². The van der Waals surface area contributed by atoms with Crippen molar-refractivity contribution in [2.75, 3.05) is 26.3 Å². The Labute approximate surface area is 132 Å². The second kappa shape index (κ2) is 9.43. The second-order valence-electron chi connectivity index (χ2n) is 5.63. The predicted molar refractivity (Wildman–Crippen MR) is 85.9 cm³/mol. The summed E-state index contributed by atoms with van der Waals surface area (Å²) in [7, 11) is 0. The Morgan fingerprint density at radius 3 is 2.95 bits per heavy atom. The maximum Gasteiger partial charge on any atom is 0.233 e. The molecule has 0 spiro atoms. The van der Waals surface area contributed by atoms with Crippen molar-refractivity contribution in [3.05, 3.63) is 29.3 Å².